The molecular weight excluding hydrogens is 394 g/mol. The molecule has 2 heterocycles. The maximum atomic E-state index is 13.0. The van der Waals surface area contributed by atoms with E-state index in [9.17, 15) is 18.0 Å². The zero-order valence-corrected chi connectivity index (χ0v) is 15.1. The second-order valence-corrected chi connectivity index (χ2v) is 6.92. The van der Waals surface area contributed by atoms with Crippen molar-refractivity contribution in [3.8, 4) is 0 Å². The Morgan fingerprint density at radius 2 is 2.08 bits per heavy atom. The summed E-state index contributed by atoms with van der Waals surface area (Å²) in [5.74, 6) is -0.230. The van der Waals surface area contributed by atoms with E-state index in [0.717, 1.165) is 12.8 Å². The van der Waals surface area contributed by atoms with Crippen LogP contribution in [-0.4, -0.2) is 32.0 Å². The van der Waals surface area contributed by atoms with E-state index in [0.29, 0.717) is 23.7 Å². The zero-order chi connectivity index (χ0) is 18.9. The third-order valence-corrected chi connectivity index (χ3v) is 4.51. The highest BCUT2D eigenvalue weighted by molar-refractivity contribution is 6.32. The number of nitrogens with zero attached hydrogens (tertiary/aromatic N) is 4. The van der Waals surface area contributed by atoms with Crippen LogP contribution in [0.25, 0.3) is 0 Å². The zero-order valence-electron chi connectivity index (χ0n) is 13.6. The smallest absolute Gasteiger partial charge is 0.354 e. The van der Waals surface area contributed by atoms with Crippen LogP contribution in [0.2, 0.25) is 10.0 Å². The molecule has 1 aliphatic rings. The van der Waals surface area contributed by atoms with Crippen LogP contribution >= 0.6 is 23.2 Å². The summed E-state index contributed by atoms with van der Waals surface area (Å²) < 4.78 is 41.7. The molecule has 0 saturated heterocycles. The molecule has 1 N–H and O–H groups in total. The Morgan fingerprint density at radius 3 is 2.65 bits per heavy atom. The molecule has 0 bridgehead atoms. The predicted octanol–water partition coefficient (Wildman–Crippen LogP) is 3.49. The standard InChI is InChI=1S/C15H16Cl2F3N5O/c16-10-6-22-24(7-10)8-11(26)21-4-1-5-25-13(9-2-3-9)12(17)14(23-25)15(18,19)20/h6-7,9H,1-5,8H2,(H,21,26). The number of nitrogens with one attached hydrogen (secondary N) is 1. The van der Waals surface area contributed by atoms with E-state index in [1.54, 1.807) is 0 Å². The molecule has 1 fully saturated rings. The lowest BCUT2D eigenvalue weighted by Crippen LogP contribution is -2.29. The molecule has 6 nitrogen and oxygen atoms in total. The van der Waals surface area contributed by atoms with Crippen LogP contribution in [0, 0.1) is 0 Å². The molecule has 2 aromatic rings. The summed E-state index contributed by atoms with van der Waals surface area (Å²) >= 11 is 11.6. The molecule has 0 spiro atoms. The fourth-order valence-corrected chi connectivity index (χ4v) is 3.19. The van der Waals surface area contributed by atoms with Gasteiger partial charge in [0.25, 0.3) is 0 Å². The van der Waals surface area contributed by atoms with Gasteiger partial charge in [0, 0.05) is 25.2 Å². The lowest BCUT2D eigenvalue weighted by atomic mass is 10.2. The minimum Gasteiger partial charge on any atom is -0.354 e. The maximum Gasteiger partial charge on any atom is 0.436 e. The third-order valence-electron chi connectivity index (χ3n) is 3.94. The molecule has 2 aromatic heterocycles. The summed E-state index contributed by atoms with van der Waals surface area (Å²) in [5.41, 5.74) is -0.600. The van der Waals surface area contributed by atoms with E-state index in [2.05, 4.69) is 15.5 Å². The summed E-state index contributed by atoms with van der Waals surface area (Å²) in [7, 11) is 0. The fraction of sp³-hybridized carbons (Fsp3) is 0.533. The number of alkyl halides is 3. The highest BCUT2D eigenvalue weighted by Gasteiger charge is 2.41. The van der Waals surface area contributed by atoms with Gasteiger partial charge < -0.3 is 5.32 Å². The summed E-state index contributed by atoms with van der Waals surface area (Å²) in [6, 6.07) is 0. The van der Waals surface area contributed by atoms with Crippen LogP contribution < -0.4 is 5.32 Å². The van der Waals surface area contributed by atoms with E-state index < -0.39 is 11.9 Å². The molecule has 1 saturated carbocycles. The molecule has 0 atom stereocenters. The van der Waals surface area contributed by atoms with Crippen LogP contribution in [0.3, 0.4) is 0 Å². The van der Waals surface area contributed by atoms with E-state index in [1.807, 2.05) is 0 Å². The van der Waals surface area contributed by atoms with Crippen molar-refractivity contribution in [2.24, 2.45) is 0 Å². The number of hydrogen-bond acceptors (Lipinski definition) is 3. The Kier molecular flexibility index (Phi) is 5.47. The lowest BCUT2D eigenvalue weighted by molar-refractivity contribution is -0.141. The molecule has 142 valence electrons. The van der Waals surface area contributed by atoms with E-state index in [1.165, 1.54) is 21.8 Å². The van der Waals surface area contributed by atoms with Crippen LogP contribution in [-0.2, 0) is 24.1 Å². The van der Waals surface area contributed by atoms with Gasteiger partial charge in [-0.2, -0.15) is 23.4 Å². The Morgan fingerprint density at radius 1 is 1.35 bits per heavy atom. The minimum atomic E-state index is -4.58. The van der Waals surface area contributed by atoms with Gasteiger partial charge in [0.05, 0.1) is 21.9 Å². The molecule has 0 radical (unpaired) electrons. The van der Waals surface area contributed by atoms with E-state index in [4.69, 9.17) is 23.2 Å². The molecule has 3 rings (SSSR count). The predicted molar refractivity (Wildman–Crippen MR) is 89.1 cm³/mol. The average Bonchev–Trinajstić information content (AvgIpc) is 3.20. The molecule has 1 amide bonds. The van der Waals surface area contributed by atoms with Crippen molar-refractivity contribution in [2.75, 3.05) is 6.54 Å². The largest absolute Gasteiger partial charge is 0.436 e. The Bertz CT molecular complexity index is 798. The van der Waals surface area contributed by atoms with Gasteiger partial charge in [-0.1, -0.05) is 23.2 Å². The first-order chi connectivity index (χ1) is 12.3. The summed E-state index contributed by atoms with van der Waals surface area (Å²) in [4.78, 5) is 11.8. The van der Waals surface area contributed by atoms with Crippen molar-refractivity contribution in [3.63, 3.8) is 0 Å². The molecule has 0 aromatic carbocycles. The van der Waals surface area contributed by atoms with Crippen molar-refractivity contribution < 1.29 is 18.0 Å². The summed E-state index contributed by atoms with van der Waals surface area (Å²) in [5, 5.41) is 10.4. The van der Waals surface area contributed by atoms with Crippen LogP contribution in [0.4, 0.5) is 13.2 Å². The van der Waals surface area contributed by atoms with Crippen molar-refractivity contribution in [1.82, 2.24) is 24.9 Å². The van der Waals surface area contributed by atoms with Gasteiger partial charge in [0.15, 0.2) is 5.69 Å². The number of aromatic nitrogens is 4. The van der Waals surface area contributed by atoms with Crippen molar-refractivity contribution in [2.45, 2.75) is 44.4 Å². The van der Waals surface area contributed by atoms with Gasteiger partial charge in [-0.15, -0.1) is 0 Å². The van der Waals surface area contributed by atoms with E-state index >= 15 is 0 Å². The number of aryl methyl sites for hydroxylation is 1. The summed E-state index contributed by atoms with van der Waals surface area (Å²) in [6.45, 7) is 0.568. The number of carbonyl (C=O) groups excluding carboxylic acids is 1. The van der Waals surface area contributed by atoms with Gasteiger partial charge in [0.2, 0.25) is 5.91 Å². The number of rotatable bonds is 7. The minimum absolute atomic E-state index is 0.0197. The summed E-state index contributed by atoms with van der Waals surface area (Å²) in [6.07, 6.45) is 0.422. The molecule has 0 aliphatic heterocycles. The highest BCUT2D eigenvalue weighted by Crippen LogP contribution is 2.46. The monoisotopic (exact) mass is 409 g/mol. The molecule has 1 aliphatic carbocycles. The van der Waals surface area contributed by atoms with Crippen molar-refractivity contribution in [1.29, 1.82) is 0 Å². The first kappa shape index (κ1) is 19.0. The Labute approximate surface area is 157 Å². The Balaban J connectivity index is 1.54. The van der Waals surface area contributed by atoms with Gasteiger partial charge in [-0.25, -0.2) is 0 Å². The lowest BCUT2D eigenvalue weighted by Gasteiger charge is -2.08. The van der Waals surface area contributed by atoms with Gasteiger partial charge >= 0.3 is 6.18 Å². The number of halogens is 5. The fourth-order valence-electron chi connectivity index (χ4n) is 2.64. The second-order valence-electron chi connectivity index (χ2n) is 6.10. The maximum absolute atomic E-state index is 13.0. The SMILES string of the molecule is O=C(Cn1cc(Cl)cn1)NCCCn1nc(C(F)(F)F)c(Cl)c1C1CC1. The van der Waals surface area contributed by atoms with E-state index in [-0.39, 0.29) is 29.9 Å². The van der Waals surface area contributed by atoms with Crippen LogP contribution in [0.15, 0.2) is 12.4 Å². The average molecular weight is 410 g/mol. The topological polar surface area (TPSA) is 64.7 Å². The number of carbonyl (C=O) groups is 1. The number of amides is 1. The van der Waals surface area contributed by atoms with Crippen LogP contribution in [0.5, 0.6) is 0 Å². The molecule has 0 unspecified atom stereocenters. The van der Waals surface area contributed by atoms with Crippen molar-refractivity contribution >= 4 is 29.1 Å². The molecular formula is C15H16Cl2F3N5O. The highest BCUT2D eigenvalue weighted by atomic mass is 35.5. The third kappa shape index (κ3) is 4.50. The molecule has 11 heteroatoms. The Hall–Kier alpha value is -1.74. The van der Waals surface area contributed by atoms with Gasteiger partial charge in [-0.3, -0.25) is 14.2 Å². The quantitative estimate of drug-likeness (QED) is 0.711. The second kappa shape index (κ2) is 7.48. The normalized spacial score (nSPS) is 14.7. The van der Waals surface area contributed by atoms with Gasteiger partial charge in [-0.05, 0) is 19.3 Å². The molecule has 26 heavy (non-hydrogen) atoms. The van der Waals surface area contributed by atoms with Gasteiger partial charge in [0.1, 0.15) is 6.54 Å². The first-order valence-corrected chi connectivity index (χ1v) is 8.79. The number of hydrogen-bond donors (Lipinski definition) is 1. The first-order valence-electron chi connectivity index (χ1n) is 8.03. The van der Waals surface area contributed by atoms with Crippen molar-refractivity contribution in [3.05, 3.63) is 33.8 Å². The van der Waals surface area contributed by atoms with Crippen LogP contribution in [0.1, 0.15) is 36.6 Å².